The molecule has 15 heavy (non-hydrogen) atoms. The molecule has 0 saturated carbocycles. The van der Waals surface area contributed by atoms with Crippen LogP contribution in [0.5, 0.6) is 0 Å². The lowest BCUT2D eigenvalue weighted by Crippen LogP contribution is -2.47. The van der Waals surface area contributed by atoms with Crippen LogP contribution in [0.3, 0.4) is 0 Å². The minimum Gasteiger partial charge on any atom is -0.466 e. The number of hydrogen-bond donors (Lipinski definition) is 0. The van der Waals surface area contributed by atoms with E-state index in [2.05, 4.69) is 14.3 Å². The van der Waals surface area contributed by atoms with Crippen molar-refractivity contribution in [2.75, 3.05) is 24.6 Å². The molecule has 5 nitrogen and oxygen atoms in total. The maximum absolute atomic E-state index is 11.2. The Balaban J connectivity index is 1.72. The lowest BCUT2D eigenvalue weighted by Gasteiger charge is -2.38. The van der Waals surface area contributed by atoms with Crippen LogP contribution in [0.4, 0.5) is 5.13 Å². The van der Waals surface area contributed by atoms with Crippen LogP contribution < -0.4 is 4.90 Å². The highest BCUT2D eigenvalue weighted by Crippen LogP contribution is 2.26. The number of hydrogen-bond acceptors (Lipinski definition) is 6. The summed E-state index contributed by atoms with van der Waals surface area (Å²) in [6, 6.07) is 0. The zero-order valence-corrected chi connectivity index (χ0v) is 9.37. The predicted octanol–water partition coefficient (Wildman–Crippen LogP) is 0.928. The van der Waals surface area contributed by atoms with Crippen LogP contribution in [-0.2, 0) is 9.53 Å². The van der Waals surface area contributed by atoms with Gasteiger partial charge in [-0.15, -0.1) is 0 Å². The molecule has 0 amide bonds. The van der Waals surface area contributed by atoms with Crippen LogP contribution in [0, 0.1) is 5.92 Å². The molecule has 1 saturated heterocycles. The Morgan fingerprint density at radius 2 is 2.53 bits per heavy atom. The van der Waals surface area contributed by atoms with Crippen molar-refractivity contribution in [3.05, 3.63) is 6.33 Å². The Kier molecular flexibility index (Phi) is 3.15. The fourth-order valence-electron chi connectivity index (χ4n) is 1.62. The largest absolute Gasteiger partial charge is 0.466 e. The van der Waals surface area contributed by atoms with Gasteiger partial charge in [0.1, 0.15) is 6.33 Å². The number of esters is 1. The summed E-state index contributed by atoms with van der Waals surface area (Å²) in [5.41, 5.74) is 0. The van der Waals surface area contributed by atoms with E-state index in [9.17, 15) is 4.79 Å². The summed E-state index contributed by atoms with van der Waals surface area (Å²) in [7, 11) is 0. The minimum atomic E-state index is -0.0978. The van der Waals surface area contributed by atoms with Crippen LogP contribution in [0.15, 0.2) is 6.33 Å². The molecule has 1 aliphatic rings. The second-order valence-corrected chi connectivity index (χ2v) is 4.26. The average molecular weight is 227 g/mol. The fourth-order valence-corrected chi connectivity index (χ4v) is 2.16. The van der Waals surface area contributed by atoms with Gasteiger partial charge in [0.05, 0.1) is 13.0 Å². The molecule has 0 unspecified atom stereocenters. The Morgan fingerprint density at radius 3 is 3.13 bits per heavy atom. The maximum atomic E-state index is 11.2. The summed E-state index contributed by atoms with van der Waals surface area (Å²) in [6.07, 6.45) is 2.07. The number of rotatable bonds is 4. The third-order valence-corrected chi connectivity index (χ3v) is 3.06. The summed E-state index contributed by atoms with van der Waals surface area (Å²) in [6.45, 7) is 4.06. The molecule has 1 aliphatic heterocycles. The Labute approximate surface area is 92.2 Å². The highest BCUT2D eigenvalue weighted by atomic mass is 32.1. The van der Waals surface area contributed by atoms with E-state index in [0.717, 1.165) is 18.2 Å². The van der Waals surface area contributed by atoms with Gasteiger partial charge < -0.3 is 9.64 Å². The monoisotopic (exact) mass is 227 g/mol. The van der Waals surface area contributed by atoms with Crippen molar-refractivity contribution in [3.63, 3.8) is 0 Å². The Hall–Kier alpha value is -1.17. The molecule has 0 radical (unpaired) electrons. The SMILES string of the molecule is CCOC(=O)CC1CN(c2ncns2)C1. The van der Waals surface area contributed by atoms with Crippen molar-refractivity contribution < 1.29 is 9.53 Å². The first-order chi connectivity index (χ1) is 7.29. The summed E-state index contributed by atoms with van der Waals surface area (Å²) < 4.78 is 8.83. The van der Waals surface area contributed by atoms with Gasteiger partial charge in [0.15, 0.2) is 0 Å². The van der Waals surface area contributed by atoms with E-state index in [1.165, 1.54) is 11.5 Å². The van der Waals surface area contributed by atoms with Crippen molar-refractivity contribution in [1.29, 1.82) is 0 Å². The van der Waals surface area contributed by atoms with E-state index in [1.807, 2.05) is 6.92 Å². The standard InChI is InChI=1S/C9H13N3O2S/c1-2-14-8(13)3-7-4-12(5-7)9-10-6-11-15-9/h6-7H,2-5H2,1H3. The number of anilines is 1. The predicted molar refractivity (Wildman–Crippen MR) is 56.9 cm³/mol. The molecule has 2 heterocycles. The van der Waals surface area contributed by atoms with Gasteiger partial charge in [-0.05, 0) is 6.92 Å². The first-order valence-corrected chi connectivity index (χ1v) is 5.74. The maximum Gasteiger partial charge on any atom is 0.306 e. The summed E-state index contributed by atoms with van der Waals surface area (Å²) in [4.78, 5) is 17.4. The molecule has 82 valence electrons. The normalized spacial score (nSPS) is 16.2. The molecule has 0 aliphatic carbocycles. The molecule has 0 atom stereocenters. The zero-order chi connectivity index (χ0) is 10.7. The van der Waals surface area contributed by atoms with Crippen molar-refractivity contribution in [1.82, 2.24) is 9.36 Å². The molecule has 0 N–H and O–H groups in total. The van der Waals surface area contributed by atoms with E-state index < -0.39 is 0 Å². The number of ether oxygens (including phenoxy) is 1. The van der Waals surface area contributed by atoms with E-state index >= 15 is 0 Å². The molecule has 1 aromatic heterocycles. The molecule has 6 heteroatoms. The van der Waals surface area contributed by atoms with Gasteiger partial charge in [-0.1, -0.05) is 0 Å². The molecule has 1 aromatic rings. The van der Waals surface area contributed by atoms with Gasteiger partial charge in [-0.2, -0.15) is 4.37 Å². The van der Waals surface area contributed by atoms with Crippen molar-refractivity contribution in [2.45, 2.75) is 13.3 Å². The number of carbonyl (C=O) groups excluding carboxylic acids is 1. The van der Waals surface area contributed by atoms with Gasteiger partial charge >= 0.3 is 5.97 Å². The Bertz CT molecular complexity index is 322. The lowest BCUT2D eigenvalue weighted by atomic mass is 9.97. The van der Waals surface area contributed by atoms with Crippen LogP contribution in [0.1, 0.15) is 13.3 Å². The highest BCUT2D eigenvalue weighted by Gasteiger charge is 2.30. The quantitative estimate of drug-likeness (QED) is 0.716. The van der Waals surface area contributed by atoms with E-state index in [4.69, 9.17) is 4.74 Å². The molecule has 0 spiro atoms. The molecular weight excluding hydrogens is 214 g/mol. The Morgan fingerprint density at radius 1 is 1.73 bits per heavy atom. The third kappa shape index (κ3) is 2.44. The van der Waals surface area contributed by atoms with Gasteiger partial charge in [-0.3, -0.25) is 4.79 Å². The van der Waals surface area contributed by atoms with Crippen molar-refractivity contribution in [2.24, 2.45) is 5.92 Å². The van der Waals surface area contributed by atoms with Gasteiger partial charge in [0.25, 0.3) is 0 Å². The van der Waals surface area contributed by atoms with E-state index in [0.29, 0.717) is 18.9 Å². The summed E-state index contributed by atoms with van der Waals surface area (Å²) in [5, 5.41) is 0.940. The molecule has 1 fully saturated rings. The number of nitrogens with zero attached hydrogens (tertiary/aromatic N) is 3. The van der Waals surface area contributed by atoms with E-state index in [1.54, 1.807) is 6.33 Å². The van der Waals surface area contributed by atoms with Crippen LogP contribution in [0.2, 0.25) is 0 Å². The van der Waals surface area contributed by atoms with Gasteiger partial charge in [0, 0.05) is 30.5 Å². The lowest BCUT2D eigenvalue weighted by molar-refractivity contribution is -0.144. The fraction of sp³-hybridized carbons (Fsp3) is 0.667. The molecule has 0 aromatic carbocycles. The first-order valence-electron chi connectivity index (χ1n) is 4.97. The average Bonchev–Trinajstić information content (AvgIpc) is 2.63. The van der Waals surface area contributed by atoms with Crippen LogP contribution >= 0.6 is 11.5 Å². The third-order valence-electron chi connectivity index (χ3n) is 2.34. The minimum absolute atomic E-state index is 0.0978. The first kappa shape index (κ1) is 10.4. The molecular formula is C9H13N3O2S. The number of carbonyl (C=O) groups is 1. The van der Waals surface area contributed by atoms with Crippen LogP contribution in [0.25, 0.3) is 0 Å². The second kappa shape index (κ2) is 4.57. The molecule has 0 bridgehead atoms. The number of aromatic nitrogens is 2. The van der Waals surface area contributed by atoms with Gasteiger partial charge in [-0.25, -0.2) is 4.98 Å². The smallest absolute Gasteiger partial charge is 0.306 e. The van der Waals surface area contributed by atoms with Gasteiger partial charge in [0.2, 0.25) is 5.13 Å². The topological polar surface area (TPSA) is 55.3 Å². The summed E-state index contributed by atoms with van der Waals surface area (Å²) in [5.74, 6) is 0.312. The highest BCUT2D eigenvalue weighted by molar-refractivity contribution is 7.09. The van der Waals surface area contributed by atoms with E-state index in [-0.39, 0.29) is 5.97 Å². The summed E-state index contributed by atoms with van der Waals surface area (Å²) >= 11 is 1.39. The zero-order valence-electron chi connectivity index (χ0n) is 8.55. The van der Waals surface area contributed by atoms with Crippen molar-refractivity contribution in [3.8, 4) is 0 Å². The second-order valence-electron chi connectivity index (χ2n) is 3.50. The molecule has 2 rings (SSSR count). The van der Waals surface area contributed by atoms with Crippen LogP contribution in [-0.4, -0.2) is 35.0 Å². The van der Waals surface area contributed by atoms with Crippen molar-refractivity contribution >= 4 is 22.6 Å².